The van der Waals surface area contributed by atoms with E-state index in [2.05, 4.69) is 15.9 Å². The topological polar surface area (TPSA) is 38.8 Å². The molecule has 2 aliphatic rings. The molecule has 1 amide bonds. The molecule has 0 N–H and O–H groups in total. The van der Waals surface area contributed by atoms with E-state index in [9.17, 15) is 4.79 Å². The van der Waals surface area contributed by atoms with Crippen LogP contribution in [0, 0.1) is 0 Å². The number of amides is 1. The monoisotopic (exact) mass is 557 g/mol. The van der Waals surface area contributed by atoms with Crippen LogP contribution in [0.1, 0.15) is 24.0 Å². The molecule has 2 aromatic rings. The van der Waals surface area contributed by atoms with Crippen molar-refractivity contribution in [3.8, 4) is 5.75 Å². The molecule has 2 saturated heterocycles. The molecule has 162 valence electrons. The third-order valence-electron chi connectivity index (χ3n) is 4.92. The van der Waals surface area contributed by atoms with Gasteiger partial charge in [-0.25, -0.2) is 0 Å². The second-order valence-corrected chi connectivity index (χ2v) is 10.6. The van der Waals surface area contributed by atoms with Gasteiger partial charge in [0.2, 0.25) is 0 Å². The Morgan fingerprint density at radius 2 is 2.10 bits per heavy atom. The lowest BCUT2D eigenvalue weighted by Crippen LogP contribution is -2.35. The summed E-state index contributed by atoms with van der Waals surface area (Å²) in [6.07, 6.45) is 3.85. The Kier molecular flexibility index (Phi) is 7.62. The van der Waals surface area contributed by atoms with Crippen LogP contribution in [0.3, 0.4) is 0 Å². The van der Waals surface area contributed by atoms with E-state index >= 15 is 0 Å². The molecule has 0 radical (unpaired) electrons. The van der Waals surface area contributed by atoms with Crippen LogP contribution in [-0.2, 0) is 16.1 Å². The Bertz CT molecular complexity index is 1060. The number of carbonyl (C=O) groups is 1. The Labute approximate surface area is 209 Å². The minimum absolute atomic E-state index is 0.0535. The van der Waals surface area contributed by atoms with Gasteiger partial charge in [0.1, 0.15) is 16.7 Å². The summed E-state index contributed by atoms with van der Waals surface area (Å²) in [5.41, 5.74) is 1.68. The van der Waals surface area contributed by atoms with Crippen molar-refractivity contribution in [2.24, 2.45) is 0 Å². The van der Waals surface area contributed by atoms with E-state index in [1.165, 1.54) is 11.8 Å². The van der Waals surface area contributed by atoms with Gasteiger partial charge in [0.05, 0.1) is 27.6 Å². The average molecular weight is 559 g/mol. The number of nitrogens with zero attached hydrogens (tertiary/aromatic N) is 1. The number of ether oxygens (including phenoxy) is 2. The molecule has 0 saturated carbocycles. The number of rotatable bonds is 6. The van der Waals surface area contributed by atoms with Crippen LogP contribution in [0.4, 0.5) is 0 Å². The summed E-state index contributed by atoms with van der Waals surface area (Å²) in [5.74, 6) is 0.555. The van der Waals surface area contributed by atoms with E-state index in [0.29, 0.717) is 38.2 Å². The third-order valence-corrected chi connectivity index (χ3v) is 7.53. The van der Waals surface area contributed by atoms with Gasteiger partial charge >= 0.3 is 0 Å². The van der Waals surface area contributed by atoms with Crippen LogP contribution in [-0.4, -0.2) is 34.4 Å². The van der Waals surface area contributed by atoms with Gasteiger partial charge in [-0.1, -0.05) is 69.2 Å². The van der Waals surface area contributed by atoms with Crippen molar-refractivity contribution in [1.29, 1.82) is 0 Å². The summed E-state index contributed by atoms with van der Waals surface area (Å²) in [6.45, 7) is 1.56. The van der Waals surface area contributed by atoms with Crippen molar-refractivity contribution in [2.45, 2.75) is 25.6 Å². The molecule has 2 aliphatic heterocycles. The van der Waals surface area contributed by atoms with Crippen LogP contribution in [0.15, 0.2) is 45.8 Å². The van der Waals surface area contributed by atoms with Gasteiger partial charge in [0.15, 0.2) is 0 Å². The third kappa shape index (κ3) is 5.64. The van der Waals surface area contributed by atoms with Gasteiger partial charge in [-0.3, -0.25) is 9.69 Å². The van der Waals surface area contributed by atoms with Crippen molar-refractivity contribution >= 4 is 79.4 Å². The van der Waals surface area contributed by atoms with Crippen molar-refractivity contribution in [2.75, 3.05) is 13.2 Å². The summed E-state index contributed by atoms with van der Waals surface area (Å²) in [5, 5.41) is 0.980. The van der Waals surface area contributed by atoms with Gasteiger partial charge in [-0.05, 0) is 54.8 Å². The van der Waals surface area contributed by atoms with Crippen molar-refractivity contribution in [1.82, 2.24) is 4.90 Å². The SMILES string of the molecule is O=C1/C(=C/c2cc(Br)ccc2OCc2ccc(Cl)c(Cl)c2)SC(=S)N1C[C@H]1CCCO1. The smallest absolute Gasteiger partial charge is 0.266 e. The Hall–Kier alpha value is -1.09. The molecule has 0 spiro atoms. The van der Waals surface area contributed by atoms with Crippen LogP contribution >= 0.6 is 63.1 Å². The van der Waals surface area contributed by atoms with Gasteiger partial charge < -0.3 is 9.47 Å². The number of thiocarbonyl (C=S) groups is 1. The largest absolute Gasteiger partial charge is 0.488 e. The van der Waals surface area contributed by atoms with Crippen molar-refractivity contribution in [3.63, 3.8) is 0 Å². The molecule has 0 bridgehead atoms. The fourth-order valence-electron chi connectivity index (χ4n) is 3.34. The van der Waals surface area contributed by atoms with E-state index in [1.54, 1.807) is 17.0 Å². The zero-order valence-electron chi connectivity index (χ0n) is 16.3. The van der Waals surface area contributed by atoms with Crippen LogP contribution < -0.4 is 4.74 Å². The lowest BCUT2D eigenvalue weighted by molar-refractivity contribution is -0.123. The first-order valence-electron chi connectivity index (χ1n) is 9.64. The van der Waals surface area contributed by atoms with Crippen molar-refractivity contribution < 1.29 is 14.3 Å². The highest BCUT2D eigenvalue weighted by molar-refractivity contribution is 9.10. The average Bonchev–Trinajstić information content (AvgIpc) is 3.34. The van der Waals surface area contributed by atoms with Gasteiger partial charge in [0.25, 0.3) is 5.91 Å². The standard InChI is InChI=1S/C22H18BrCl2NO3S2/c23-15-4-6-19(29-12-13-3-5-17(24)18(25)8-13)14(9-15)10-20-21(27)26(22(30)31-20)11-16-2-1-7-28-16/h3-6,8-10,16H,1-2,7,11-12H2/b20-10-/t16-/m1/s1. The molecule has 2 fully saturated rings. The summed E-state index contributed by atoms with van der Waals surface area (Å²) in [6, 6.07) is 11.0. The number of halogens is 3. The normalized spacial score (nSPS) is 20.2. The molecule has 9 heteroatoms. The summed E-state index contributed by atoms with van der Waals surface area (Å²) in [4.78, 5) is 15.2. The van der Waals surface area contributed by atoms with Gasteiger partial charge in [0, 0.05) is 16.6 Å². The minimum atomic E-state index is -0.0964. The van der Waals surface area contributed by atoms with Gasteiger partial charge in [-0.2, -0.15) is 0 Å². The quantitative estimate of drug-likeness (QED) is 0.291. The Morgan fingerprint density at radius 3 is 2.84 bits per heavy atom. The molecule has 0 aliphatic carbocycles. The second kappa shape index (κ2) is 10.2. The van der Waals surface area contributed by atoms with E-state index in [4.69, 9.17) is 44.9 Å². The first kappa shape index (κ1) is 23.1. The van der Waals surface area contributed by atoms with E-state index in [1.807, 2.05) is 30.3 Å². The maximum atomic E-state index is 13.0. The summed E-state index contributed by atoms with van der Waals surface area (Å²) < 4.78 is 13.1. The van der Waals surface area contributed by atoms with E-state index in [0.717, 1.165) is 35.0 Å². The fourth-order valence-corrected chi connectivity index (χ4v) is 5.31. The lowest BCUT2D eigenvalue weighted by Gasteiger charge is -2.18. The molecule has 2 heterocycles. The molecule has 0 aromatic heterocycles. The summed E-state index contributed by atoms with van der Waals surface area (Å²) >= 11 is 22.3. The first-order chi connectivity index (χ1) is 14.9. The highest BCUT2D eigenvalue weighted by Crippen LogP contribution is 2.36. The highest BCUT2D eigenvalue weighted by atomic mass is 79.9. The van der Waals surface area contributed by atoms with E-state index in [-0.39, 0.29) is 12.0 Å². The zero-order valence-corrected chi connectivity index (χ0v) is 21.0. The predicted octanol–water partition coefficient (Wildman–Crippen LogP) is 6.72. The fraction of sp³-hybridized carbons (Fsp3) is 0.273. The lowest BCUT2D eigenvalue weighted by atomic mass is 10.1. The molecule has 0 unspecified atom stereocenters. The molecular formula is C22H18BrCl2NO3S2. The zero-order chi connectivity index (χ0) is 22.0. The molecule has 2 aromatic carbocycles. The number of carbonyl (C=O) groups excluding carboxylic acids is 1. The van der Waals surface area contributed by atoms with Crippen molar-refractivity contribution in [3.05, 3.63) is 66.9 Å². The number of hydrogen-bond acceptors (Lipinski definition) is 5. The number of benzene rings is 2. The number of thioether (sulfide) groups is 1. The Morgan fingerprint density at radius 1 is 1.26 bits per heavy atom. The minimum Gasteiger partial charge on any atom is -0.488 e. The maximum absolute atomic E-state index is 13.0. The molecular weight excluding hydrogens is 541 g/mol. The number of hydrogen-bond donors (Lipinski definition) is 0. The first-order valence-corrected chi connectivity index (χ1v) is 12.4. The van der Waals surface area contributed by atoms with Crippen LogP contribution in [0.5, 0.6) is 5.75 Å². The van der Waals surface area contributed by atoms with Crippen LogP contribution in [0.2, 0.25) is 10.0 Å². The molecule has 4 rings (SSSR count). The molecule has 31 heavy (non-hydrogen) atoms. The Balaban J connectivity index is 1.52. The van der Waals surface area contributed by atoms with Crippen LogP contribution in [0.25, 0.3) is 6.08 Å². The highest BCUT2D eigenvalue weighted by Gasteiger charge is 2.34. The molecule has 4 nitrogen and oxygen atoms in total. The van der Waals surface area contributed by atoms with E-state index < -0.39 is 0 Å². The maximum Gasteiger partial charge on any atom is 0.266 e. The second-order valence-electron chi connectivity index (χ2n) is 7.15. The van der Waals surface area contributed by atoms with Gasteiger partial charge in [-0.15, -0.1) is 0 Å². The summed E-state index contributed by atoms with van der Waals surface area (Å²) in [7, 11) is 0. The molecule has 1 atom stereocenters. The predicted molar refractivity (Wildman–Crippen MR) is 134 cm³/mol.